The van der Waals surface area contributed by atoms with Gasteiger partial charge in [-0.2, -0.15) is 0 Å². The fourth-order valence-electron chi connectivity index (χ4n) is 0.432. The number of hydrogen-bond donors (Lipinski definition) is 0. The average Bonchev–Trinajstić information content (AvgIpc) is 2.39. The van der Waals surface area contributed by atoms with Crippen molar-refractivity contribution in [2.45, 2.75) is 0 Å². The topological polar surface area (TPSA) is 96.9 Å². The monoisotopic (exact) mass is 602 g/mol. The van der Waals surface area contributed by atoms with E-state index < -0.39 is 17.1 Å². The molecule has 6 nitrogen and oxygen atoms in total. The van der Waals surface area contributed by atoms with Crippen molar-refractivity contribution >= 4 is 89.2 Å². The molecule has 3 atom stereocenters. The van der Waals surface area contributed by atoms with Gasteiger partial charge in [0.15, 0.2) is 0 Å². The van der Waals surface area contributed by atoms with Crippen LogP contribution in [-0.4, -0.2) is 19.8 Å². The maximum atomic E-state index is 10.3. The second-order valence-corrected chi connectivity index (χ2v) is 17.3. The Hall–Kier alpha value is 2.67. The molecule has 3 unspecified atom stereocenters. The van der Waals surface area contributed by atoms with Crippen molar-refractivity contribution in [3.8, 4) is 0 Å². The van der Waals surface area contributed by atoms with Crippen molar-refractivity contribution in [1.82, 2.24) is 0 Å². The van der Waals surface area contributed by atoms with Crippen LogP contribution in [0, 0.1) is 0 Å². The van der Waals surface area contributed by atoms with E-state index in [1.807, 2.05) is 0 Å². The molecule has 0 rings (SSSR count). The van der Waals surface area contributed by atoms with Gasteiger partial charge in [0.2, 0.25) is 0 Å². The van der Waals surface area contributed by atoms with Gasteiger partial charge in [-0.25, -0.2) is 0 Å². The molecule has 0 aliphatic carbocycles. The van der Waals surface area contributed by atoms with Gasteiger partial charge >= 0.3 is 0 Å². The predicted octanol–water partition coefficient (Wildman–Crippen LogP) is 0.960. The van der Waals surface area contributed by atoms with Gasteiger partial charge < -0.3 is 65.0 Å². The van der Waals surface area contributed by atoms with Gasteiger partial charge in [0.1, 0.15) is 0 Å². The molecular formula is C9H15MoO6P3S6-6. The third-order valence-electron chi connectivity index (χ3n) is 1.05. The SMILES string of the molecule is C=CCOP([O-])(=S)[S-].C=CCOP([O-])(=S)[S-].C=CCOP([O-])(=S)[S-].[Mo]. The molecule has 0 amide bonds. The summed E-state index contributed by atoms with van der Waals surface area (Å²) in [5.41, 5.74) is -9.26. The Bertz CT molecular complexity index is 433. The number of rotatable bonds is 9. The van der Waals surface area contributed by atoms with E-state index in [1.165, 1.54) is 18.2 Å². The predicted molar refractivity (Wildman–Crippen MR) is 113 cm³/mol. The summed E-state index contributed by atoms with van der Waals surface area (Å²) < 4.78 is 13.3. The molecule has 0 fully saturated rings. The van der Waals surface area contributed by atoms with Crippen LogP contribution in [0.3, 0.4) is 0 Å². The van der Waals surface area contributed by atoms with Crippen LogP contribution in [0.5, 0.6) is 0 Å². The van der Waals surface area contributed by atoms with E-state index in [0.717, 1.165) is 0 Å². The third kappa shape index (κ3) is 52.0. The summed E-state index contributed by atoms with van der Waals surface area (Å²) in [5, 5.41) is 0. The molecule has 25 heavy (non-hydrogen) atoms. The summed E-state index contributed by atoms with van der Waals surface area (Å²) >= 11 is 25.5. The summed E-state index contributed by atoms with van der Waals surface area (Å²) in [6.07, 6.45) is 4.35. The normalized spacial score (nSPS) is 16.6. The smallest absolute Gasteiger partial charge is 0.0656 e. The maximum absolute atomic E-state index is 10.3. The van der Waals surface area contributed by atoms with Crippen LogP contribution in [0.15, 0.2) is 38.0 Å². The van der Waals surface area contributed by atoms with E-state index in [4.69, 9.17) is 0 Å². The maximum Gasteiger partial charge on any atom is 0.0656 e. The molecule has 0 saturated carbocycles. The van der Waals surface area contributed by atoms with Gasteiger partial charge in [-0.15, -0.1) is 72.2 Å². The first-order valence-corrected chi connectivity index (χ1v) is 16.5. The van der Waals surface area contributed by atoms with Crippen molar-refractivity contribution < 1.29 is 49.3 Å². The quantitative estimate of drug-likeness (QED) is 0.163. The van der Waals surface area contributed by atoms with Gasteiger partial charge in [0.05, 0.1) is 19.8 Å². The Balaban J connectivity index is -0.000000130. The van der Waals surface area contributed by atoms with Gasteiger partial charge in [0, 0.05) is 21.1 Å². The molecule has 150 valence electrons. The molecule has 0 aromatic carbocycles. The Morgan fingerprint density at radius 3 is 0.880 bits per heavy atom. The molecule has 0 aromatic heterocycles. The van der Waals surface area contributed by atoms with Crippen LogP contribution in [0.1, 0.15) is 0 Å². The van der Waals surface area contributed by atoms with Gasteiger partial charge in [-0.05, 0) is 0 Å². The van der Waals surface area contributed by atoms with Gasteiger partial charge in [0.25, 0.3) is 0 Å². The molecule has 0 saturated heterocycles. The third-order valence-corrected chi connectivity index (χ3v) is 4.34. The van der Waals surface area contributed by atoms with Crippen LogP contribution < -0.4 is 14.7 Å². The van der Waals surface area contributed by atoms with Gasteiger partial charge in [-0.1, -0.05) is 18.2 Å². The molecule has 0 aromatic rings. The van der Waals surface area contributed by atoms with E-state index in [0.29, 0.717) is 0 Å². The summed E-state index contributed by atoms with van der Waals surface area (Å²) in [6.45, 7) is 10.5. The van der Waals surface area contributed by atoms with Crippen molar-refractivity contribution in [1.29, 1.82) is 0 Å². The second-order valence-electron chi connectivity index (χ2n) is 3.09. The Kier molecular flexibility index (Phi) is 28.0. The summed E-state index contributed by atoms with van der Waals surface area (Å²) in [5.74, 6) is 0. The zero-order valence-corrected chi connectivity index (χ0v) is 22.2. The summed E-state index contributed by atoms with van der Waals surface area (Å²) in [6, 6.07) is 0. The first-order valence-electron chi connectivity index (χ1n) is 5.51. The van der Waals surface area contributed by atoms with E-state index in [2.05, 4.69) is 105 Å². The van der Waals surface area contributed by atoms with Crippen LogP contribution in [0.2, 0.25) is 0 Å². The van der Waals surface area contributed by atoms with Crippen molar-refractivity contribution in [3.63, 3.8) is 0 Å². The van der Waals surface area contributed by atoms with Crippen LogP contribution in [0.4, 0.5) is 0 Å². The van der Waals surface area contributed by atoms with E-state index in [-0.39, 0.29) is 40.9 Å². The largest absolute Gasteiger partial charge is 0.819 e. The molecule has 0 spiro atoms. The second kappa shape index (κ2) is 20.0. The first kappa shape index (κ1) is 35.1. The van der Waals surface area contributed by atoms with Crippen LogP contribution in [0.25, 0.3) is 0 Å². The molecule has 16 heteroatoms. The Labute approximate surface area is 194 Å². The van der Waals surface area contributed by atoms with Crippen molar-refractivity contribution in [2.24, 2.45) is 0 Å². The molecular weight excluding hydrogens is 585 g/mol. The fraction of sp³-hybridized carbons (Fsp3) is 0.333. The van der Waals surface area contributed by atoms with Crippen LogP contribution >= 0.6 is 17.1 Å². The zero-order valence-electron chi connectivity index (χ0n) is 12.6. The Morgan fingerprint density at radius 2 is 0.840 bits per heavy atom. The van der Waals surface area contributed by atoms with Crippen molar-refractivity contribution in [3.05, 3.63) is 38.0 Å². The molecule has 0 radical (unpaired) electrons. The molecule has 0 heterocycles. The van der Waals surface area contributed by atoms with E-state index in [1.54, 1.807) is 0 Å². The Morgan fingerprint density at radius 1 is 0.680 bits per heavy atom. The zero-order chi connectivity index (χ0) is 19.9. The number of hydrogen-bond acceptors (Lipinski definition) is 12. The molecule has 0 bridgehead atoms. The minimum Gasteiger partial charge on any atom is -0.819 e. The first-order chi connectivity index (χ1) is 10.7. The molecule has 0 aliphatic rings. The van der Waals surface area contributed by atoms with Crippen molar-refractivity contribution in [2.75, 3.05) is 19.8 Å². The van der Waals surface area contributed by atoms with E-state index >= 15 is 0 Å². The minimum atomic E-state index is -3.09. The minimum absolute atomic E-state index is 0. The molecule has 0 N–H and O–H groups in total. The molecule has 0 aliphatic heterocycles. The van der Waals surface area contributed by atoms with E-state index in [9.17, 15) is 14.7 Å². The average molecular weight is 600 g/mol. The summed E-state index contributed by atoms with van der Waals surface area (Å²) in [4.78, 5) is 31.0. The fourth-order valence-corrected chi connectivity index (χ4v) is 2.39. The summed E-state index contributed by atoms with van der Waals surface area (Å²) in [7, 11) is 0. The standard InChI is InChI=1S/3C3H7O2PS2.Mo/c3*1-2-3-5-6(4,7)8;/h3*2H,1,3H2,(H2,4,7,8);/p-6. The van der Waals surface area contributed by atoms with Crippen LogP contribution in [-0.2, 0) is 107 Å². The van der Waals surface area contributed by atoms with Gasteiger partial charge in [-0.3, -0.25) is 0 Å².